The van der Waals surface area contributed by atoms with E-state index in [2.05, 4.69) is 0 Å². The summed E-state index contributed by atoms with van der Waals surface area (Å²) in [5.74, 6) is -1.84. The summed E-state index contributed by atoms with van der Waals surface area (Å²) in [6.45, 7) is 1.20. The lowest BCUT2D eigenvalue weighted by molar-refractivity contribution is -0.143. The molecule has 2 aromatic carbocycles. The van der Waals surface area contributed by atoms with Gasteiger partial charge < -0.3 is 14.5 Å². The summed E-state index contributed by atoms with van der Waals surface area (Å²) in [5, 5.41) is 1.79. The Hall–Kier alpha value is -3.62. The summed E-state index contributed by atoms with van der Waals surface area (Å²) in [5.41, 5.74) is 0.476. The summed E-state index contributed by atoms with van der Waals surface area (Å²) < 4.78 is 47.7. The van der Waals surface area contributed by atoms with E-state index in [4.69, 9.17) is 9.15 Å². The quantitative estimate of drug-likeness (QED) is 0.615. The van der Waals surface area contributed by atoms with Crippen molar-refractivity contribution in [1.82, 2.24) is 5.32 Å². The van der Waals surface area contributed by atoms with E-state index in [-0.39, 0.29) is 27.7 Å². The van der Waals surface area contributed by atoms with Crippen LogP contribution in [-0.2, 0) is 9.53 Å². The van der Waals surface area contributed by atoms with Gasteiger partial charge in [-0.2, -0.15) is 13.2 Å². The van der Waals surface area contributed by atoms with E-state index in [0.717, 1.165) is 6.92 Å². The zero-order chi connectivity index (χ0) is 22.8. The number of rotatable bonds is 5. The van der Waals surface area contributed by atoms with Crippen LogP contribution in [0.4, 0.5) is 13.2 Å². The van der Waals surface area contributed by atoms with Gasteiger partial charge in [-0.25, -0.2) is 4.79 Å². The van der Waals surface area contributed by atoms with Crippen LogP contribution in [0.15, 0.2) is 57.7 Å². The Morgan fingerprint density at radius 2 is 1.77 bits per heavy atom. The van der Waals surface area contributed by atoms with Crippen molar-refractivity contribution in [2.45, 2.75) is 26.1 Å². The highest BCUT2D eigenvalue weighted by atomic mass is 19.4. The molecule has 6 nitrogen and oxygen atoms in total. The van der Waals surface area contributed by atoms with E-state index in [1.54, 1.807) is 42.6 Å². The predicted molar refractivity (Wildman–Crippen MR) is 107 cm³/mol. The third kappa shape index (κ3) is 4.93. The van der Waals surface area contributed by atoms with Gasteiger partial charge in [0.25, 0.3) is 5.91 Å². The number of carbonyl (C=O) groups excluding carboxylic acids is 2. The lowest BCUT2D eigenvalue weighted by Gasteiger charge is -2.15. The lowest BCUT2D eigenvalue weighted by Crippen LogP contribution is -2.40. The van der Waals surface area contributed by atoms with Crippen LogP contribution in [0.2, 0.25) is 0 Å². The number of ether oxygens (including phenoxy) is 1. The molecule has 0 aliphatic carbocycles. The Bertz CT molecular complexity index is 1190. The molecule has 0 spiro atoms. The molecule has 0 bridgehead atoms. The van der Waals surface area contributed by atoms with Crippen LogP contribution in [0.25, 0.3) is 22.3 Å². The van der Waals surface area contributed by atoms with Gasteiger partial charge in [0.05, 0.1) is 5.39 Å². The molecule has 1 amide bonds. The van der Waals surface area contributed by atoms with Gasteiger partial charge in [-0.05, 0) is 26.0 Å². The summed E-state index contributed by atoms with van der Waals surface area (Å²) in [4.78, 5) is 37.3. The minimum Gasteiger partial charge on any atom is -0.455 e. The van der Waals surface area contributed by atoms with E-state index in [9.17, 15) is 27.6 Å². The highest BCUT2D eigenvalue weighted by Gasteiger charge is 2.30. The van der Waals surface area contributed by atoms with Crippen LogP contribution in [0.3, 0.4) is 0 Å². The Morgan fingerprint density at radius 1 is 1.10 bits per heavy atom. The molecule has 0 radical (unpaired) electrons. The summed E-state index contributed by atoms with van der Waals surface area (Å²) >= 11 is 0. The molecule has 162 valence electrons. The molecular weight excluding hydrogens is 415 g/mol. The highest BCUT2D eigenvalue weighted by Crippen LogP contribution is 2.27. The SMILES string of the molecule is Cc1c(-c2ccccc2)oc2c(C(=O)OC(C)C(=O)NCC(F)(F)F)cccc2c1=O. The monoisotopic (exact) mass is 433 g/mol. The standard InChI is InChI=1S/C22H18F3NO5/c1-12-17(27)15-9-6-10-16(19(15)31-18(12)14-7-4-3-5-8-14)21(29)30-13(2)20(28)26-11-22(23,24)25/h3-10,13H,11H2,1-2H3,(H,26,28). The van der Waals surface area contributed by atoms with Crippen molar-refractivity contribution in [3.63, 3.8) is 0 Å². The van der Waals surface area contributed by atoms with E-state index in [1.165, 1.54) is 18.2 Å². The van der Waals surface area contributed by atoms with Gasteiger partial charge in [-0.15, -0.1) is 0 Å². The molecule has 0 aliphatic rings. The van der Waals surface area contributed by atoms with Crippen molar-refractivity contribution < 1.29 is 31.9 Å². The van der Waals surface area contributed by atoms with Crippen molar-refractivity contribution in [3.8, 4) is 11.3 Å². The molecule has 31 heavy (non-hydrogen) atoms. The number of amides is 1. The average molecular weight is 433 g/mol. The summed E-state index contributed by atoms with van der Waals surface area (Å²) in [7, 11) is 0. The van der Waals surface area contributed by atoms with Crippen LogP contribution in [0.5, 0.6) is 0 Å². The van der Waals surface area contributed by atoms with Gasteiger partial charge in [0.15, 0.2) is 17.1 Å². The van der Waals surface area contributed by atoms with Crippen molar-refractivity contribution >= 4 is 22.8 Å². The Balaban J connectivity index is 1.95. The first kappa shape index (κ1) is 22.1. The second-order valence-corrected chi connectivity index (χ2v) is 6.81. The largest absolute Gasteiger partial charge is 0.455 e. The third-order valence-electron chi connectivity index (χ3n) is 4.52. The molecule has 0 aliphatic heterocycles. The molecule has 1 aromatic heterocycles. The molecule has 1 heterocycles. The molecule has 1 atom stereocenters. The zero-order valence-electron chi connectivity index (χ0n) is 16.6. The molecule has 1 unspecified atom stereocenters. The van der Waals surface area contributed by atoms with E-state index in [1.807, 2.05) is 0 Å². The maximum atomic E-state index is 12.8. The smallest absolute Gasteiger partial charge is 0.405 e. The fraction of sp³-hybridized carbons (Fsp3) is 0.227. The molecule has 3 rings (SSSR count). The second-order valence-electron chi connectivity index (χ2n) is 6.81. The first-order valence-corrected chi connectivity index (χ1v) is 9.26. The predicted octanol–water partition coefficient (Wildman–Crippen LogP) is 3.99. The average Bonchev–Trinajstić information content (AvgIpc) is 2.74. The number of halogens is 3. The van der Waals surface area contributed by atoms with Crippen LogP contribution in [0.1, 0.15) is 22.8 Å². The first-order chi connectivity index (χ1) is 14.6. The minimum atomic E-state index is -4.59. The van der Waals surface area contributed by atoms with Crippen molar-refractivity contribution in [2.75, 3.05) is 6.54 Å². The van der Waals surface area contributed by atoms with E-state index < -0.39 is 30.7 Å². The Kier molecular flexibility index (Phi) is 6.14. The number of hydrogen-bond donors (Lipinski definition) is 1. The number of alkyl halides is 3. The van der Waals surface area contributed by atoms with Crippen LogP contribution < -0.4 is 10.7 Å². The highest BCUT2D eigenvalue weighted by molar-refractivity contribution is 6.03. The summed E-state index contributed by atoms with van der Waals surface area (Å²) in [6, 6.07) is 13.1. The van der Waals surface area contributed by atoms with Crippen LogP contribution in [0, 0.1) is 6.92 Å². The van der Waals surface area contributed by atoms with E-state index in [0.29, 0.717) is 11.1 Å². The van der Waals surface area contributed by atoms with E-state index >= 15 is 0 Å². The number of hydrogen-bond acceptors (Lipinski definition) is 5. The summed E-state index contributed by atoms with van der Waals surface area (Å²) in [6.07, 6.45) is -6.08. The minimum absolute atomic E-state index is 0.0372. The van der Waals surface area contributed by atoms with Crippen molar-refractivity contribution in [3.05, 3.63) is 69.9 Å². The van der Waals surface area contributed by atoms with Crippen LogP contribution in [-0.4, -0.2) is 30.7 Å². The number of para-hydroxylation sites is 1. The molecule has 0 fully saturated rings. The van der Waals surface area contributed by atoms with Gasteiger partial charge in [0.2, 0.25) is 0 Å². The fourth-order valence-corrected chi connectivity index (χ4v) is 2.94. The topological polar surface area (TPSA) is 85.6 Å². The fourth-order valence-electron chi connectivity index (χ4n) is 2.94. The first-order valence-electron chi connectivity index (χ1n) is 9.26. The number of esters is 1. The number of fused-ring (bicyclic) bond motifs is 1. The molecule has 1 N–H and O–H groups in total. The molecule has 0 saturated carbocycles. The van der Waals surface area contributed by atoms with Crippen molar-refractivity contribution in [2.24, 2.45) is 0 Å². The zero-order valence-corrected chi connectivity index (χ0v) is 16.6. The van der Waals surface area contributed by atoms with Crippen LogP contribution >= 0.6 is 0 Å². The van der Waals surface area contributed by atoms with Gasteiger partial charge in [-0.3, -0.25) is 9.59 Å². The normalized spacial score (nSPS) is 12.4. The second kappa shape index (κ2) is 8.63. The van der Waals surface area contributed by atoms with Crippen molar-refractivity contribution in [1.29, 1.82) is 0 Å². The lowest BCUT2D eigenvalue weighted by atomic mass is 10.0. The number of benzene rings is 2. The molecule has 9 heteroatoms. The Morgan fingerprint density at radius 3 is 2.42 bits per heavy atom. The number of carbonyl (C=O) groups is 2. The number of nitrogens with one attached hydrogen (secondary N) is 1. The van der Waals surface area contributed by atoms with Gasteiger partial charge in [0, 0.05) is 11.1 Å². The molecule has 0 saturated heterocycles. The molecular formula is C22H18F3NO5. The third-order valence-corrected chi connectivity index (χ3v) is 4.52. The maximum Gasteiger partial charge on any atom is 0.405 e. The van der Waals surface area contributed by atoms with Gasteiger partial charge in [-0.1, -0.05) is 36.4 Å². The van der Waals surface area contributed by atoms with Gasteiger partial charge in [0.1, 0.15) is 17.9 Å². The maximum absolute atomic E-state index is 12.8. The Labute approximate surface area is 174 Å². The van der Waals surface area contributed by atoms with Gasteiger partial charge >= 0.3 is 12.1 Å². The molecule has 3 aromatic rings.